The molecule has 5 aromatic rings. The van der Waals surface area contributed by atoms with Gasteiger partial charge in [-0.15, -0.1) is 20.5 Å². The molecule has 0 aromatic heterocycles. The van der Waals surface area contributed by atoms with Gasteiger partial charge in [0, 0.05) is 40.0 Å². The van der Waals surface area contributed by atoms with Gasteiger partial charge < -0.3 is 26.4 Å². The molecule has 0 bridgehead atoms. The molecule has 0 fully saturated rings. The number of nitro groups is 1. The van der Waals surface area contributed by atoms with Gasteiger partial charge in [-0.25, -0.2) is 26.3 Å². The number of para-hydroxylation sites is 1. The van der Waals surface area contributed by atoms with E-state index in [9.17, 15) is 47.1 Å². The van der Waals surface area contributed by atoms with Crippen LogP contribution in [0.1, 0.15) is 20.8 Å². The van der Waals surface area contributed by atoms with E-state index in [-0.39, 0.29) is 96.4 Å². The van der Waals surface area contributed by atoms with Crippen molar-refractivity contribution in [2.24, 2.45) is 20.5 Å². The fraction of sp³-hybridized carbons (Fsp3) is 0.139. The number of azo groups is 2. The summed E-state index contributed by atoms with van der Waals surface area (Å²) < 4.78 is 53.2. The topological polar surface area (TPSA) is 301 Å². The minimum absolute atomic E-state index is 0. The summed E-state index contributed by atoms with van der Waals surface area (Å²) in [7, 11) is -6.10. The molecule has 5 rings (SSSR count). The second-order valence-corrected chi connectivity index (χ2v) is 15.7. The zero-order valence-electron chi connectivity index (χ0n) is 32.0. The Labute approximate surface area is 371 Å². The minimum atomic E-state index is -3.81. The summed E-state index contributed by atoms with van der Waals surface area (Å²) in [5, 5.41) is 59.5. The number of phenolic OH excluding ortho intramolecular Hbond substituents is 2. The van der Waals surface area contributed by atoms with Crippen molar-refractivity contribution in [3.05, 3.63) is 119 Å². The fourth-order valence-corrected chi connectivity index (χ4v) is 6.78. The number of anilines is 2. The summed E-state index contributed by atoms with van der Waals surface area (Å²) in [5.74, 6) is -1.86. The van der Waals surface area contributed by atoms with Crippen molar-refractivity contribution in [3.63, 3.8) is 0 Å². The Kier molecular flexibility index (Phi) is 18.3. The van der Waals surface area contributed by atoms with E-state index >= 15 is 0 Å². The monoisotopic (exact) mass is 901 g/mol. The first-order valence-electron chi connectivity index (χ1n) is 16.5. The van der Waals surface area contributed by atoms with E-state index < -0.39 is 42.4 Å². The normalized spacial score (nSPS) is 11.9. The Hall–Kier alpha value is -5.30. The molecule has 59 heavy (non-hydrogen) atoms. The quantitative estimate of drug-likeness (QED) is 0.0179. The van der Waals surface area contributed by atoms with Crippen LogP contribution in [0.2, 0.25) is 0 Å². The van der Waals surface area contributed by atoms with E-state index in [1.54, 1.807) is 62.4 Å². The second-order valence-electron chi connectivity index (χ2n) is 12.1. The van der Waals surface area contributed by atoms with E-state index in [2.05, 4.69) is 35.2 Å². The number of carbonyl (C=O) groups is 1. The molecule has 0 aliphatic carbocycles. The van der Waals surface area contributed by atoms with Crippen LogP contribution in [0.3, 0.4) is 0 Å². The number of aromatic hydroxyl groups is 2. The third kappa shape index (κ3) is 13.4. The van der Waals surface area contributed by atoms with Gasteiger partial charge in [0.2, 0.25) is 20.0 Å². The van der Waals surface area contributed by atoms with Gasteiger partial charge in [0.1, 0.15) is 34.3 Å². The Morgan fingerprint density at radius 1 is 0.814 bits per heavy atom. The van der Waals surface area contributed by atoms with Crippen LogP contribution in [0.4, 0.5) is 34.1 Å². The Balaban J connectivity index is 0.000000394. The average molecular weight is 902 g/mol. The maximum absolute atomic E-state index is 12.4. The van der Waals surface area contributed by atoms with Crippen LogP contribution in [0.25, 0.3) is 10.8 Å². The van der Waals surface area contributed by atoms with Crippen molar-refractivity contribution in [1.29, 1.82) is 0 Å². The summed E-state index contributed by atoms with van der Waals surface area (Å²) in [4.78, 5) is 22.4. The molecule has 307 valence electrons. The standard InChI is InChI=1S/C19H22N4O5S.C17H15N5O5S.Co.Na/c1-12(2)23-29(27,28)15-9-10-17(25)16(11-15)21-22-18(13(3)24)19(26)20-14-7-5-4-6-8-14;1-19-28(26,27)12-4-5-13-10(8-12)2-6-14(18)17(13)21-20-15-7-3-11(22(24)25)9-16(15)23;;/h4-12,23-25H,1-3H3,(H,20,26);2-9,19,23H,18H2,1H3;;/q;;;+1. The van der Waals surface area contributed by atoms with Crippen molar-refractivity contribution in [1.82, 2.24) is 9.44 Å². The molecule has 0 heterocycles. The molecule has 8 N–H and O–H groups in total. The zero-order chi connectivity index (χ0) is 42.1. The van der Waals surface area contributed by atoms with Gasteiger partial charge in [0.15, 0.2) is 5.70 Å². The van der Waals surface area contributed by atoms with Gasteiger partial charge in [-0.3, -0.25) is 14.9 Å². The number of hydrogen-bond acceptors (Lipinski definition) is 15. The van der Waals surface area contributed by atoms with E-state index in [1.807, 2.05) is 0 Å². The van der Waals surface area contributed by atoms with Crippen LogP contribution < -0.4 is 50.1 Å². The number of carbonyl (C=O) groups excluding carboxylic acids is 1. The van der Waals surface area contributed by atoms with Crippen LogP contribution in [-0.4, -0.2) is 56.1 Å². The molecular formula is C36H37CoN9NaO10S2+. The molecule has 1 amide bonds. The third-order valence-electron chi connectivity index (χ3n) is 7.50. The van der Waals surface area contributed by atoms with Gasteiger partial charge in [0.25, 0.3) is 11.6 Å². The molecular weight excluding hydrogens is 865 g/mol. The predicted molar refractivity (Wildman–Crippen MR) is 212 cm³/mol. The number of amides is 1. The molecule has 0 aliphatic heterocycles. The van der Waals surface area contributed by atoms with Crippen LogP contribution in [-0.2, 0) is 41.6 Å². The molecule has 0 saturated carbocycles. The number of non-ortho nitro benzene ring substituents is 1. The van der Waals surface area contributed by atoms with E-state index in [4.69, 9.17) is 5.73 Å². The van der Waals surface area contributed by atoms with E-state index in [0.717, 1.165) is 18.2 Å². The van der Waals surface area contributed by atoms with E-state index in [1.165, 1.54) is 44.3 Å². The van der Waals surface area contributed by atoms with Crippen molar-refractivity contribution in [2.45, 2.75) is 36.6 Å². The van der Waals surface area contributed by atoms with Crippen LogP contribution >= 0.6 is 0 Å². The first kappa shape index (κ1) is 49.8. The second kappa shape index (κ2) is 21.6. The summed E-state index contributed by atoms with van der Waals surface area (Å²) in [5.41, 5.74) is 6.21. The first-order chi connectivity index (χ1) is 26.8. The number of aliphatic hydroxyl groups is 1. The number of sulfonamides is 2. The minimum Gasteiger partial charge on any atom is -0.510 e. The number of hydrogen-bond donors (Lipinski definition) is 7. The number of aliphatic hydroxyl groups excluding tert-OH is 1. The fourth-order valence-electron chi connectivity index (χ4n) is 4.75. The molecule has 0 saturated heterocycles. The molecule has 0 aliphatic rings. The maximum Gasteiger partial charge on any atom is 1.00 e. The Morgan fingerprint density at radius 2 is 1.46 bits per heavy atom. The van der Waals surface area contributed by atoms with Crippen molar-refractivity contribution < 1.29 is 88.2 Å². The molecule has 19 nitrogen and oxygen atoms in total. The number of nitrogens with two attached hydrogens (primary N) is 1. The number of nitrogen functional groups attached to an aromatic ring is 1. The molecule has 1 radical (unpaired) electrons. The van der Waals surface area contributed by atoms with Gasteiger partial charge in [-0.2, -0.15) is 0 Å². The molecule has 5 aromatic carbocycles. The number of phenols is 2. The van der Waals surface area contributed by atoms with Crippen LogP contribution in [0.5, 0.6) is 11.5 Å². The largest absolute Gasteiger partial charge is 1.00 e. The van der Waals surface area contributed by atoms with Crippen LogP contribution in [0.15, 0.2) is 139 Å². The summed E-state index contributed by atoms with van der Waals surface area (Å²) in [6.07, 6.45) is 0. The number of fused-ring (bicyclic) bond motifs is 1. The number of nitrogens with zero attached hydrogens (tertiary/aromatic N) is 5. The predicted octanol–water partition coefficient (Wildman–Crippen LogP) is 3.95. The van der Waals surface area contributed by atoms with Gasteiger partial charge in [-0.1, -0.05) is 30.3 Å². The smallest absolute Gasteiger partial charge is 0.510 e. The third-order valence-corrected chi connectivity index (χ3v) is 10.6. The van der Waals surface area contributed by atoms with Gasteiger partial charge in [0.05, 0.1) is 26.5 Å². The van der Waals surface area contributed by atoms with Crippen molar-refractivity contribution in [3.8, 4) is 11.5 Å². The summed E-state index contributed by atoms with van der Waals surface area (Å²) in [6.45, 7) is 4.60. The zero-order valence-corrected chi connectivity index (χ0v) is 36.7. The molecule has 0 spiro atoms. The summed E-state index contributed by atoms with van der Waals surface area (Å²) in [6, 6.07) is 22.8. The first-order valence-corrected chi connectivity index (χ1v) is 19.5. The van der Waals surface area contributed by atoms with Crippen molar-refractivity contribution in [2.75, 3.05) is 18.1 Å². The average Bonchev–Trinajstić information content (AvgIpc) is 3.15. The van der Waals surface area contributed by atoms with E-state index in [0.29, 0.717) is 22.1 Å². The number of nitro benzene ring substituents is 1. The summed E-state index contributed by atoms with van der Waals surface area (Å²) >= 11 is 0. The number of rotatable bonds is 12. The molecule has 0 unspecified atom stereocenters. The molecule has 23 heteroatoms. The van der Waals surface area contributed by atoms with Crippen LogP contribution in [0, 0.1) is 10.1 Å². The number of benzene rings is 5. The number of nitrogens with one attached hydrogen (secondary N) is 3. The van der Waals surface area contributed by atoms with Gasteiger partial charge in [-0.05, 0) is 87.8 Å². The molecule has 0 atom stereocenters. The van der Waals surface area contributed by atoms with Gasteiger partial charge >= 0.3 is 29.6 Å². The Bertz CT molecular complexity index is 2650. The maximum atomic E-state index is 12.4. The SMILES string of the molecule is CC(O)=C(N=Nc1cc(S(=O)(=O)NC(C)C)ccc1O)C(=O)Nc1ccccc1.CNS(=O)(=O)c1ccc2c(N=Nc3ccc([N+](=O)[O-])cc3O)c(N)ccc2c1.[Co].[Na+]. The Morgan fingerprint density at radius 3 is 2.05 bits per heavy atom. The van der Waals surface area contributed by atoms with Crippen molar-refractivity contribution >= 4 is 70.9 Å². The number of allylic oxidation sites excluding steroid dienone is 1.